The van der Waals surface area contributed by atoms with Crippen LogP contribution in [0.15, 0.2) is 47.4 Å². The van der Waals surface area contributed by atoms with E-state index in [1.165, 1.54) is 24.3 Å². The topological polar surface area (TPSA) is 37.3 Å². The highest BCUT2D eigenvalue weighted by atomic mass is 32.2. The molecular weight excluding hydrogens is 289 g/mol. The molecule has 0 atom stereocenters. The van der Waals surface area contributed by atoms with Crippen molar-refractivity contribution in [2.24, 2.45) is 0 Å². The number of halogens is 3. The molecule has 104 valence electrons. The number of carboxylic acids is 1. The molecule has 6 heteroatoms. The van der Waals surface area contributed by atoms with E-state index in [1.54, 1.807) is 12.1 Å². The predicted octanol–water partition coefficient (Wildman–Crippen LogP) is 4.51. The van der Waals surface area contributed by atoms with E-state index < -0.39 is 17.5 Å². The molecule has 2 aromatic rings. The third kappa shape index (κ3) is 3.54. The van der Waals surface area contributed by atoms with Crippen LogP contribution in [0, 0.1) is 5.82 Å². The first-order valence-electron chi connectivity index (χ1n) is 5.55. The highest BCUT2D eigenvalue weighted by Gasteiger charge is 2.09. The fraction of sp³-hybridized carbons (Fsp3) is 0.0714. The van der Waals surface area contributed by atoms with Gasteiger partial charge in [-0.15, -0.1) is 0 Å². The molecular formula is C14H9F3O2S. The first-order valence-corrected chi connectivity index (χ1v) is 6.43. The first-order chi connectivity index (χ1) is 9.45. The number of hydrogen-bond acceptors (Lipinski definition) is 2. The lowest BCUT2D eigenvalue weighted by atomic mass is 10.0. The van der Waals surface area contributed by atoms with Crippen molar-refractivity contribution in [1.82, 2.24) is 0 Å². The predicted molar refractivity (Wildman–Crippen MR) is 70.7 cm³/mol. The largest absolute Gasteiger partial charge is 0.478 e. The third-order valence-corrected chi connectivity index (χ3v) is 3.28. The lowest BCUT2D eigenvalue weighted by molar-refractivity contribution is 0.0696. The van der Waals surface area contributed by atoms with E-state index >= 15 is 0 Å². The van der Waals surface area contributed by atoms with Crippen molar-refractivity contribution in [3.05, 3.63) is 53.8 Å². The maximum Gasteiger partial charge on any atom is 0.335 e. The fourth-order valence-corrected chi connectivity index (χ4v) is 2.21. The quantitative estimate of drug-likeness (QED) is 0.844. The molecule has 0 aliphatic rings. The SMILES string of the molecule is O=C(O)c1cc(F)cc(-c2ccc(SC(F)F)cc2)c1. The van der Waals surface area contributed by atoms with Crippen LogP contribution in [0.2, 0.25) is 0 Å². The summed E-state index contributed by atoms with van der Waals surface area (Å²) >= 11 is 0.412. The summed E-state index contributed by atoms with van der Waals surface area (Å²) in [7, 11) is 0. The zero-order chi connectivity index (χ0) is 14.7. The Morgan fingerprint density at radius 3 is 2.25 bits per heavy atom. The molecule has 0 bridgehead atoms. The second-order valence-corrected chi connectivity index (χ2v) is 5.00. The number of alkyl halides is 2. The molecule has 0 saturated carbocycles. The summed E-state index contributed by atoms with van der Waals surface area (Å²) in [6, 6.07) is 9.51. The second kappa shape index (κ2) is 6.00. The number of aromatic carboxylic acids is 1. The van der Waals surface area contributed by atoms with Crippen molar-refractivity contribution in [2.45, 2.75) is 10.7 Å². The highest BCUT2D eigenvalue weighted by molar-refractivity contribution is 7.99. The third-order valence-electron chi connectivity index (χ3n) is 2.56. The Balaban J connectivity index is 2.34. The zero-order valence-electron chi connectivity index (χ0n) is 10.0. The van der Waals surface area contributed by atoms with E-state index in [-0.39, 0.29) is 5.56 Å². The van der Waals surface area contributed by atoms with Crippen molar-refractivity contribution in [3.8, 4) is 11.1 Å². The Kier molecular flexibility index (Phi) is 4.34. The van der Waals surface area contributed by atoms with Crippen molar-refractivity contribution in [3.63, 3.8) is 0 Å². The van der Waals surface area contributed by atoms with Gasteiger partial charge in [-0.05, 0) is 41.5 Å². The number of hydrogen-bond donors (Lipinski definition) is 1. The van der Waals surface area contributed by atoms with Crippen LogP contribution in [-0.2, 0) is 0 Å². The first kappa shape index (κ1) is 14.5. The Hall–Kier alpha value is -1.95. The van der Waals surface area contributed by atoms with Crippen LogP contribution < -0.4 is 0 Å². The van der Waals surface area contributed by atoms with Crippen molar-refractivity contribution >= 4 is 17.7 Å². The van der Waals surface area contributed by atoms with E-state index in [0.29, 0.717) is 27.8 Å². The number of carboxylic acid groups (broad SMARTS) is 1. The van der Waals surface area contributed by atoms with Gasteiger partial charge >= 0.3 is 5.97 Å². The molecule has 0 fully saturated rings. The monoisotopic (exact) mass is 298 g/mol. The van der Waals surface area contributed by atoms with Crippen LogP contribution in [0.1, 0.15) is 10.4 Å². The van der Waals surface area contributed by atoms with Gasteiger partial charge in [-0.2, -0.15) is 8.78 Å². The van der Waals surface area contributed by atoms with Crippen LogP contribution in [0.25, 0.3) is 11.1 Å². The van der Waals surface area contributed by atoms with E-state index in [0.717, 1.165) is 6.07 Å². The normalized spacial score (nSPS) is 10.8. The van der Waals surface area contributed by atoms with Gasteiger partial charge in [0.15, 0.2) is 0 Å². The highest BCUT2D eigenvalue weighted by Crippen LogP contribution is 2.28. The van der Waals surface area contributed by atoms with Crippen LogP contribution in [0.4, 0.5) is 13.2 Å². The van der Waals surface area contributed by atoms with Crippen molar-refractivity contribution in [1.29, 1.82) is 0 Å². The summed E-state index contributed by atoms with van der Waals surface area (Å²) in [5.74, 6) is -4.39. The molecule has 0 aliphatic carbocycles. The van der Waals surface area contributed by atoms with Gasteiger partial charge in [-0.25, -0.2) is 9.18 Å². The second-order valence-electron chi connectivity index (χ2n) is 3.94. The molecule has 1 N–H and O–H groups in total. The maximum absolute atomic E-state index is 13.4. The standard InChI is InChI=1S/C14H9F3O2S/c15-11-6-9(5-10(7-11)13(18)19)8-1-3-12(4-2-8)20-14(16)17/h1-7,14H,(H,18,19). The summed E-state index contributed by atoms with van der Waals surface area (Å²) in [6.45, 7) is 0. The molecule has 0 heterocycles. The van der Waals surface area contributed by atoms with E-state index in [9.17, 15) is 18.0 Å². The minimum atomic E-state index is -2.51. The Morgan fingerprint density at radius 2 is 1.70 bits per heavy atom. The van der Waals surface area contributed by atoms with Gasteiger partial charge in [0.25, 0.3) is 5.76 Å². The molecule has 0 amide bonds. The Morgan fingerprint density at radius 1 is 1.05 bits per heavy atom. The lowest BCUT2D eigenvalue weighted by Crippen LogP contribution is -1.97. The van der Waals surface area contributed by atoms with Crippen molar-refractivity contribution in [2.75, 3.05) is 0 Å². The van der Waals surface area contributed by atoms with Crippen LogP contribution in [0.5, 0.6) is 0 Å². The fourth-order valence-electron chi connectivity index (χ4n) is 1.71. The minimum absolute atomic E-state index is 0.161. The zero-order valence-corrected chi connectivity index (χ0v) is 10.8. The number of rotatable bonds is 4. The average molecular weight is 298 g/mol. The molecule has 0 radical (unpaired) electrons. The Labute approximate surface area is 117 Å². The number of carbonyl (C=O) groups is 1. The van der Waals surface area contributed by atoms with Crippen molar-refractivity contribution < 1.29 is 23.1 Å². The van der Waals surface area contributed by atoms with E-state index in [1.807, 2.05) is 0 Å². The van der Waals surface area contributed by atoms with E-state index in [4.69, 9.17) is 5.11 Å². The summed E-state index contributed by atoms with van der Waals surface area (Å²) in [6.07, 6.45) is 0. The van der Waals surface area contributed by atoms with Gasteiger partial charge in [-0.3, -0.25) is 0 Å². The summed E-state index contributed by atoms with van der Waals surface area (Å²) in [5, 5.41) is 8.87. The molecule has 0 unspecified atom stereocenters. The summed E-state index contributed by atoms with van der Waals surface area (Å²) in [5.41, 5.74) is 0.785. The maximum atomic E-state index is 13.4. The Bertz CT molecular complexity index is 627. The van der Waals surface area contributed by atoms with Gasteiger partial charge in [0, 0.05) is 4.90 Å². The molecule has 0 spiro atoms. The molecule has 0 aromatic heterocycles. The van der Waals surface area contributed by atoms with Crippen LogP contribution >= 0.6 is 11.8 Å². The summed E-state index contributed by atoms with van der Waals surface area (Å²) < 4.78 is 37.7. The van der Waals surface area contributed by atoms with Gasteiger partial charge in [0.05, 0.1) is 5.56 Å². The lowest BCUT2D eigenvalue weighted by Gasteiger charge is -2.06. The van der Waals surface area contributed by atoms with Gasteiger partial charge < -0.3 is 5.11 Å². The van der Waals surface area contributed by atoms with E-state index in [2.05, 4.69) is 0 Å². The molecule has 2 nitrogen and oxygen atoms in total. The van der Waals surface area contributed by atoms with Gasteiger partial charge in [0.2, 0.25) is 0 Å². The number of benzene rings is 2. The smallest absolute Gasteiger partial charge is 0.335 e. The average Bonchev–Trinajstić information content (AvgIpc) is 2.38. The number of thioether (sulfide) groups is 1. The molecule has 0 aliphatic heterocycles. The van der Waals surface area contributed by atoms with Gasteiger partial charge in [-0.1, -0.05) is 23.9 Å². The van der Waals surface area contributed by atoms with Crippen LogP contribution in [-0.4, -0.2) is 16.8 Å². The molecule has 0 saturated heterocycles. The molecule has 2 aromatic carbocycles. The molecule has 2 rings (SSSR count). The van der Waals surface area contributed by atoms with Gasteiger partial charge in [0.1, 0.15) is 5.82 Å². The summed E-state index contributed by atoms with van der Waals surface area (Å²) in [4.78, 5) is 11.2. The van der Waals surface area contributed by atoms with Crippen LogP contribution in [0.3, 0.4) is 0 Å². The minimum Gasteiger partial charge on any atom is -0.478 e. The molecule has 20 heavy (non-hydrogen) atoms.